The molecule has 0 bridgehead atoms. The second-order valence-corrected chi connectivity index (χ2v) is 3.70. The Bertz CT molecular complexity index is 191. The molecule has 0 aliphatic carbocycles. The van der Waals surface area contributed by atoms with Crippen molar-refractivity contribution >= 4 is 11.7 Å². The first-order valence-corrected chi connectivity index (χ1v) is 6.01. The number of carbonyl (C=O) groups is 2. The van der Waals surface area contributed by atoms with E-state index in [4.69, 9.17) is 5.73 Å². The standard InChI is InChI=1S/C8H15NO2.C4H11N/c1-3-6(2)7(10)4-5-8(9)11;1-3-5-4-2/h6H,3-5H2,1-2H3,(H2,9,11);5H,3-4H2,1-2H3. The van der Waals surface area contributed by atoms with Gasteiger partial charge in [0, 0.05) is 18.8 Å². The lowest BCUT2D eigenvalue weighted by Gasteiger charge is -2.04. The van der Waals surface area contributed by atoms with Crippen LogP contribution in [0, 0.1) is 5.92 Å². The molecule has 16 heavy (non-hydrogen) atoms. The van der Waals surface area contributed by atoms with Crippen molar-refractivity contribution in [3.63, 3.8) is 0 Å². The number of amides is 1. The molecule has 0 aromatic carbocycles. The van der Waals surface area contributed by atoms with E-state index in [1.807, 2.05) is 13.8 Å². The molecule has 4 nitrogen and oxygen atoms in total. The SMILES string of the molecule is CCC(C)C(=O)CCC(N)=O.CCNCC. The van der Waals surface area contributed by atoms with Crippen molar-refractivity contribution in [2.75, 3.05) is 13.1 Å². The fourth-order valence-corrected chi connectivity index (χ4v) is 0.970. The Labute approximate surface area is 99.0 Å². The molecule has 0 saturated heterocycles. The summed E-state index contributed by atoms with van der Waals surface area (Å²) >= 11 is 0. The van der Waals surface area contributed by atoms with E-state index < -0.39 is 5.91 Å². The van der Waals surface area contributed by atoms with E-state index in [-0.39, 0.29) is 18.1 Å². The van der Waals surface area contributed by atoms with Crippen LogP contribution in [0.4, 0.5) is 0 Å². The van der Waals surface area contributed by atoms with Gasteiger partial charge in [0.15, 0.2) is 0 Å². The third kappa shape index (κ3) is 13.1. The third-order valence-electron chi connectivity index (χ3n) is 2.28. The van der Waals surface area contributed by atoms with Gasteiger partial charge in [0.1, 0.15) is 5.78 Å². The Kier molecular flexibility index (Phi) is 13.3. The van der Waals surface area contributed by atoms with Crippen LogP contribution in [0.2, 0.25) is 0 Å². The zero-order valence-electron chi connectivity index (χ0n) is 11.0. The van der Waals surface area contributed by atoms with Crippen LogP contribution in [-0.4, -0.2) is 24.8 Å². The van der Waals surface area contributed by atoms with Crippen molar-refractivity contribution in [1.29, 1.82) is 0 Å². The van der Waals surface area contributed by atoms with E-state index in [1.165, 1.54) is 0 Å². The largest absolute Gasteiger partial charge is 0.370 e. The highest BCUT2D eigenvalue weighted by Crippen LogP contribution is 2.06. The molecule has 0 aromatic heterocycles. The van der Waals surface area contributed by atoms with Gasteiger partial charge in [0.05, 0.1) is 0 Å². The van der Waals surface area contributed by atoms with Gasteiger partial charge >= 0.3 is 0 Å². The van der Waals surface area contributed by atoms with Crippen LogP contribution in [-0.2, 0) is 9.59 Å². The van der Waals surface area contributed by atoms with Crippen molar-refractivity contribution in [3.8, 4) is 0 Å². The minimum atomic E-state index is -0.401. The fraction of sp³-hybridized carbons (Fsp3) is 0.833. The summed E-state index contributed by atoms with van der Waals surface area (Å²) in [7, 11) is 0. The molecule has 4 heteroatoms. The summed E-state index contributed by atoms with van der Waals surface area (Å²) < 4.78 is 0. The smallest absolute Gasteiger partial charge is 0.217 e. The number of hydrogen-bond acceptors (Lipinski definition) is 3. The Morgan fingerprint density at radius 1 is 1.12 bits per heavy atom. The van der Waals surface area contributed by atoms with Gasteiger partial charge in [0.2, 0.25) is 5.91 Å². The third-order valence-corrected chi connectivity index (χ3v) is 2.28. The summed E-state index contributed by atoms with van der Waals surface area (Å²) in [5.74, 6) is -0.206. The molecule has 0 heterocycles. The highest BCUT2D eigenvalue weighted by Gasteiger charge is 2.10. The minimum Gasteiger partial charge on any atom is -0.370 e. The number of rotatable bonds is 7. The van der Waals surface area contributed by atoms with Gasteiger partial charge in [-0.3, -0.25) is 9.59 Å². The quantitative estimate of drug-likeness (QED) is 0.696. The summed E-state index contributed by atoms with van der Waals surface area (Å²) in [5, 5.41) is 3.11. The summed E-state index contributed by atoms with van der Waals surface area (Å²) in [5.41, 5.74) is 4.89. The maximum Gasteiger partial charge on any atom is 0.217 e. The highest BCUT2D eigenvalue weighted by atomic mass is 16.1. The fourth-order valence-electron chi connectivity index (χ4n) is 0.970. The van der Waals surface area contributed by atoms with Crippen molar-refractivity contribution in [1.82, 2.24) is 5.32 Å². The molecule has 0 saturated carbocycles. The van der Waals surface area contributed by atoms with Crippen LogP contribution in [0.3, 0.4) is 0 Å². The number of Topliss-reactive ketones (excluding diaryl/α,β-unsaturated/α-hetero) is 1. The second-order valence-electron chi connectivity index (χ2n) is 3.70. The van der Waals surface area contributed by atoms with Crippen LogP contribution < -0.4 is 11.1 Å². The highest BCUT2D eigenvalue weighted by molar-refractivity contribution is 5.85. The van der Waals surface area contributed by atoms with Crippen LogP contribution in [0.15, 0.2) is 0 Å². The monoisotopic (exact) mass is 230 g/mol. The Balaban J connectivity index is 0. The van der Waals surface area contributed by atoms with Crippen molar-refractivity contribution in [2.45, 2.75) is 47.0 Å². The number of primary amides is 1. The Morgan fingerprint density at radius 3 is 1.88 bits per heavy atom. The first-order valence-electron chi connectivity index (χ1n) is 6.01. The maximum atomic E-state index is 11.1. The molecule has 0 aliphatic heterocycles. The molecule has 3 N–H and O–H groups in total. The molecule has 96 valence electrons. The van der Waals surface area contributed by atoms with Gasteiger partial charge in [-0.25, -0.2) is 0 Å². The van der Waals surface area contributed by atoms with Crippen LogP contribution in [0.1, 0.15) is 47.0 Å². The van der Waals surface area contributed by atoms with E-state index >= 15 is 0 Å². The van der Waals surface area contributed by atoms with Gasteiger partial charge < -0.3 is 11.1 Å². The summed E-state index contributed by atoms with van der Waals surface area (Å²) in [6.45, 7) is 10.2. The van der Waals surface area contributed by atoms with E-state index in [0.717, 1.165) is 19.5 Å². The lowest BCUT2D eigenvalue weighted by molar-refractivity contribution is -0.125. The van der Waals surface area contributed by atoms with E-state index in [1.54, 1.807) is 0 Å². The van der Waals surface area contributed by atoms with Gasteiger partial charge in [-0.15, -0.1) is 0 Å². The normalized spacial score (nSPS) is 11.2. The number of ketones is 1. The second kappa shape index (κ2) is 12.2. The molecule has 0 aromatic rings. The predicted molar refractivity (Wildman–Crippen MR) is 67.1 cm³/mol. The number of carbonyl (C=O) groups excluding carboxylic acids is 2. The molecule has 1 unspecified atom stereocenters. The van der Waals surface area contributed by atoms with E-state index in [9.17, 15) is 9.59 Å². The molecular weight excluding hydrogens is 204 g/mol. The summed E-state index contributed by atoms with van der Waals surface area (Å²) in [4.78, 5) is 21.4. The van der Waals surface area contributed by atoms with Crippen LogP contribution in [0.25, 0.3) is 0 Å². The van der Waals surface area contributed by atoms with Crippen molar-refractivity contribution in [3.05, 3.63) is 0 Å². The van der Waals surface area contributed by atoms with Crippen molar-refractivity contribution < 1.29 is 9.59 Å². The molecule has 0 spiro atoms. The number of nitrogens with one attached hydrogen (secondary N) is 1. The molecule has 1 atom stereocenters. The van der Waals surface area contributed by atoms with E-state index in [0.29, 0.717) is 6.42 Å². The van der Waals surface area contributed by atoms with Gasteiger partial charge in [0.25, 0.3) is 0 Å². The first-order chi connectivity index (χ1) is 7.49. The first kappa shape index (κ1) is 17.5. The topological polar surface area (TPSA) is 72.2 Å². The minimum absolute atomic E-state index is 0.0642. The summed E-state index contributed by atoms with van der Waals surface area (Å²) in [6.07, 6.45) is 1.31. The average molecular weight is 230 g/mol. The van der Waals surface area contributed by atoms with Crippen LogP contribution in [0.5, 0.6) is 0 Å². The predicted octanol–water partition coefficient (Wildman–Crippen LogP) is 1.48. The van der Waals surface area contributed by atoms with Gasteiger partial charge in [-0.2, -0.15) is 0 Å². The molecule has 0 aliphatic rings. The molecule has 1 amide bonds. The van der Waals surface area contributed by atoms with Crippen LogP contribution >= 0.6 is 0 Å². The van der Waals surface area contributed by atoms with Gasteiger partial charge in [-0.1, -0.05) is 27.7 Å². The Morgan fingerprint density at radius 2 is 1.62 bits per heavy atom. The molecular formula is C12H26N2O2. The zero-order valence-corrected chi connectivity index (χ0v) is 11.0. The Hall–Kier alpha value is -0.900. The number of hydrogen-bond donors (Lipinski definition) is 2. The maximum absolute atomic E-state index is 11.1. The molecule has 0 fully saturated rings. The molecule has 0 rings (SSSR count). The lowest BCUT2D eigenvalue weighted by atomic mass is 10.00. The van der Waals surface area contributed by atoms with Gasteiger partial charge in [-0.05, 0) is 19.5 Å². The van der Waals surface area contributed by atoms with E-state index in [2.05, 4.69) is 19.2 Å². The average Bonchev–Trinajstić information content (AvgIpc) is 2.26. The zero-order chi connectivity index (χ0) is 13.0. The van der Waals surface area contributed by atoms with Crippen molar-refractivity contribution in [2.24, 2.45) is 11.7 Å². The number of nitrogens with two attached hydrogens (primary N) is 1. The molecule has 0 radical (unpaired) electrons. The lowest BCUT2D eigenvalue weighted by Crippen LogP contribution is -2.16. The summed E-state index contributed by atoms with van der Waals surface area (Å²) in [6, 6.07) is 0.